The van der Waals surface area contributed by atoms with Gasteiger partial charge in [0.1, 0.15) is 0 Å². The average molecular weight is 350 g/mol. The molecule has 0 saturated heterocycles. The number of hydrogen-bond acceptors (Lipinski definition) is 3. The Bertz CT molecular complexity index is 764. The molecule has 1 heterocycles. The van der Waals surface area contributed by atoms with Gasteiger partial charge < -0.3 is 0 Å². The Morgan fingerprint density at radius 2 is 1.73 bits per heavy atom. The number of thioether (sulfide) groups is 1. The van der Waals surface area contributed by atoms with Crippen molar-refractivity contribution in [3.63, 3.8) is 0 Å². The van der Waals surface area contributed by atoms with Crippen molar-refractivity contribution in [1.29, 1.82) is 0 Å². The van der Waals surface area contributed by atoms with Crippen molar-refractivity contribution in [3.05, 3.63) is 63.6 Å². The van der Waals surface area contributed by atoms with Gasteiger partial charge in [-0.05, 0) is 24.6 Å². The number of aromatic nitrogens is 3. The van der Waals surface area contributed by atoms with Gasteiger partial charge in [-0.2, -0.15) is 0 Å². The van der Waals surface area contributed by atoms with E-state index < -0.39 is 0 Å². The summed E-state index contributed by atoms with van der Waals surface area (Å²) >= 11 is 13.8. The maximum absolute atomic E-state index is 6.17. The molecule has 2 aromatic carbocycles. The van der Waals surface area contributed by atoms with Crippen LogP contribution in [0.2, 0.25) is 10.0 Å². The van der Waals surface area contributed by atoms with Crippen molar-refractivity contribution in [1.82, 2.24) is 15.2 Å². The summed E-state index contributed by atoms with van der Waals surface area (Å²) in [5, 5.41) is 9.18. The summed E-state index contributed by atoms with van der Waals surface area (Å²) in [6.45, 7) is 2.05. The lowest BCUT2D eigenvalue weighted by Gasteiger charge is -2.04. The van der Waals surface area contributed by atoms with E-state index in [1.165, 1.54) is 17.3 Å². The van der Waals surface area contributed by atoms with Crippen LogP contribution in [0.4, 0.5) is 0 Å². The predicted octanol–water partition coefficient (Wildman–Crippen LogP) is 5.38. The van der Waals surface area contributed by atoms with Crippen molar-refractivity contribution in [2.45, 2.75) is 17.8 Å². The Morgan fingerprint density at radius 1 is 1.05 bits per heavy atom. The molecule has 0 amide bonds. The molecule has 3 rings (SSSR count). The van der Waals surface area contributed by atoms with Crippen molar-refractivity contribution in [2.75, 3.05) is 0 Å². The van der Waals surface area contributed by atoms with Crippen LogP contribution in [0.5, 0.6) is 0 Å². The van der Waals surface area contributed by atoms with Crippen LogP contribution < -0.4 is 0 Å². The van der Waals surface area contributed by atoms with Crippen LogP contribution in [0.25, 0.3) is 11.4 Å². The number of H-pyrrole nitrogens is 1. The summed E-state index contributed by atoms with van der Waals surface area (Å²) in [6, 6.07) is 13.6. The Kier molecular flexibility index (Phi) is 4.71. The standard InChI is InChI=1S/C16H13Cl2N3S/c1-10-5-7-11(8-6-10)15-19-16(21-20-15)22-9-12-13(17)3-2-4-14(12)18/h2-8H,9H2,1H3,(H,19,20,21). The van der Waals surface area contributed by atoms with E-state index in [0.717, 1.165) is 17.0 Å². The van der Waals surface area contributed by atoms with E-state index in [1.54, 1.807) is 0 Å². The molecule has 112 valence electrons. The second-order valence-corrected chi connectivity index (χ2v) is 6.58. The summed E-state index contributed by atoms with van der Waals surface area (Å²) in [7, 11) is 0. The fourth-order valence-electron chi connectivity index (χ4n) is 1.96. The van der Waals surface area contributed by atoms with E-state index in [2.05, 4.69) is 22.1 Å². The molecule has 0 bridgehead atoms. The Labute approximate surface area is 143 Å². The van der Waals surface area contributed by atoms with Crippen molar-refractivity contribution in [3.8, 4) is 11.4 Å². The molecule has 3 aromatic rings. The van der Waals surface area contributed by atoms with Gasteiger partial charge in [-0.1, -0.05) is 70.9 Å². The molecule has 0 saturated carbocycles. The topological polar surface area (TPSA) is 41.6 Å². The fraction of sp³-hybridized carbons (Fsp3) is 0.125. The third kappa shape index (κ3) is 3.46. The number of aryl methyl sites for hydroxylation is 1. The SMILES string of the molecule is Cc1ccc(-c2nc(SCc3c(Cl)cccc3Cl)n[nH]2)cc1. The maximum atomic E-state index is 6.17. The normalized spacial score (nSPS) is 10.9. The maximum Gasteiger partial charge on any atom is 0.209 e. The molecule has 1 N–H and O–H groups in total. The first-order valence-corrected chi connectivity index (χ1v) is 8.43. The molecule has 0 aliphatic heterocycles. The van der Waals surface area contributed by atoms with E-state index in [-0.39, 0.29) is 0 Å². The average Bonchev–Trinajstić information content (AvgIpc) is 2.96. The summed E-state index contributed by atoms with van der Waals surface area (Å²) in [5.41, 5.74) is 3.13. The zero-order valence-electron chi connectivity index (χ0n) is 11.8. The third-order valence-electron chi connectivity index (χ3n) is 3.20. The van der Waals surface area contributed by atoms with Crippen LogP contribution in [0.3, 0.4) is 0 Å². The van der Waals surface area contributed by atoms with Gasteiger partial charge in [0.15, 0.2) is 5.82 Å². The second kappa shape index (κ2) is 6.73. The number of nitrogens with zero attached hydrogens (tertiary/aromatic N) is 2. The molecule has 0 unspecified atom stereocenters. The molecule has 0 fully saturated rings. The monoisotopic (exact) mass is 349 g/mol. The highest BCUT2D eigenvalue weighted by Crippen LogP contribution is 2.30. The van der Waals surface area contributed by atoms with Crippen molar-refractivity contribution >= 4 is 35.0 Å². The smallest absolute Gasteiger partial charge is 0.209 e. The third-order valence-corrected chi connectivity index (χ3v) is 4.78. The van der Waals surface area contributed by atoms with E-state index in [9.17, 15) is 0 Å². The van der Waals surface area contributed by atoms with Crippen molar-refractivity contribution < 1.29 is 0 Å². The number of halogens is 2. The number of nitrogens with one attached hydrogen (secondary N) is 1. The molecule has 0 aliphatic rings. The first-order valence-electron chi connectivity index (χ1n) is 6.68. The number of rotatable bonds is 4. The van der Waals surface area contributed by atoms with Crippen molar-refractivity contribution in [2.24, 2.45) is 0 Å². The molecule has 1 aromatic heterocycles. The summed E-state index contributed by atoms with van der Waals surface area (Å²) < 4.78 is 0. The minimum Gasteiger partial charge on any atom is -0.258 e. The fourth-order valence-corrected chi connectivity index (χ4v) is 3.50. The number of hydrogen-bond donors (Lipinski definition) is 1. The van der Waals surface area contributed by atoms with Crippen LogP contribution in [0, 0.1) is 6.92 Å². The molecule has 0 spiro atoms. The lowest BCUT2D eigenvalue weighted by Crippen LogP contribution is -1.86. The molecule has 22 heavy (non-hydrogen) atoms. The van der Waals surface area contributed by atoms with Crippen LogP contribution in [-0.4, -0.2) is 15.2 Å². The number of benzene rings is 2. The van der Waals surface area contributed by atoms with Gasteiger partial charge >= 0.3 is 0 Å². The summed E-state index contributed by atoms with van der Waals surface area (Å²) in [4.78, 5) is 4.49. The highest BCUT2D eigenvalue weighted by Gasteiger charge is 2.10. The van der Waals surface area contributed by atoms with Gasteiger partial charge in [0, 0.05) is 21.4 Å². The lowest BCUT2D eigenvalue weighted by atomic mass is 10.1. The molecule has 0 aliphatic carbocycles. The van der Waals surface area contributed by atoms with Gasteiger partial charge in [-0.25, -0.2) is 4.98 Å². The molecule has 6 heteroatoms. The first-order chi connectivity index (χ1) is 10.6. The lowest BCUT2D eigenvalue weighted by molar-refractivity contribution is 0.973. The molecule has 0 atom stereocenters. The highest BCUT2D eigenvalue weighted by molar-refractivity contribution is 7.98. The Balaban J connectivity index is 1.73. The summed E-state index contributed by atoms with van der Waals surface area (Å²) in [6.07, 6.45) is 0. The molecule has 0 radical (unpaired) electrons. The summed E-state index contributed by atoms with van der Waals surface area (Å²) in [5.74, 6) is 1.39. The van der Waals surface area contributed by atoms with Crippen LogP contribution in [-0.2, 0) is 5.75 Å². The minimum absolute atomic E-state index is 0.629. The quantitative estimate of drug-likeness (QED) is 0.643. The largest absolute Gasteiger partial charge is 0.258 e. The van der Waals surface area contributed by atoms with E-state index >= 15 is 0 Å². The Morgan fingerprint density at radius 3 is 2.41 bits per heavy atom. The molecule has 3 nitrogen and oxygen atoms in total. The van der Waals surface area contributed by atoms with E-state index in [4.69, 9.17) is 23.2 Å². The van der Waals surface area contributed by atoms with E-state index in [0.29, 0.717) is 21.0 Å². The molecular weight excluding hydrogens is 337 g/mol. The predicted molar refractivity (Wildman–Crippen MR) is 92.6 cm³/mol. The minimum atomic E-state index is 0.629. The van der Waals surface area contributed by atoms with Gasteiger partial charge in [0.05, 0.1) is 0 Å². The second-order valence-electron chi connectivity index (χ2n) is 4.82. The van der Waals surface area contributed by atoms with Crippen LogP contribution in [0.15, 0.2) is 47.6 Å². The van der Waals surface area contributed by atoms with E-state index in [1.807, 2.05) is 42.5 Å². The zero-order chi connectivity index (χ0) is 15.5. The van der Waals surface area contributed by atoms with Crippen LogP contribution >= 0.6 is 35.0 Å². The number of aromatic amines is 1. The van der Waals surface area contributed by atoms with Gasteiger partial charge in [-0.3, -0.25) is 5.10 Å². The van der Waals surface area contributed by atoms with Gasteiger partial charge in [0.2, 0.25) is 5.16 Å². The van der Waals surface area contributed by atoms with Crippen LogP contribution in [0.1, 0.15) is 11.1 Å². The Hall–Kier alpha value is -1.49. The molecular formula is C16H13Cl2N3S. The van der Waals surface area contributed by atoms with Gasteiger partial charge in [0.25, 0.3) is 0 Å². The van der Waals surface area contributed by atoms with Gasteiger partial charge in [-0.15, -0.1) is 5.10 Å². The first kappa shape index (κ1) is 15.4. The highest BCUT2D eigenvalue weighted by atomic mass is 35.5. The zero-order valence-corrected chi connectivity index (χ0v) is 14.1.